The minimum atomic E-state index is -0.835. The summed E-state index contributed by atoms with van der Waals surface area (Å²) in [4.78, 5) is 35.7. The predicted octanol–water partition coefficient (Wildman–Crippen LogP) is 3.88. The molecule has 0 bridgehead atoms. The number of benzene rings is 2. The number of halogens is 3. The summed E-state index contributed by atoms with van der Waals surface area (Å²) in [5, 5.41) is 2.10. The van der Waals surface area contributed by atoms with E-state index in [1.54, 1.807) is 18.2 Å². The number of anilines is 1. The van der Waals surface area contributed by atoms with E-state index in [-0.39, 0.29) is 24.3 Å². The van der Waals surface area contributed by atoms with Gasteiger partial charge in [0.1, 0.15) is 17.4 Å². The molecule has 0 aromatic heterocycles. The van der Waals surface area contributed by atoms with Gasteiger partial charge in [-0.2, -0.15) is 0 Å². The monoisotopic (exact) mass is 455 g/mol. The van der Waals surface area contributed by atoms with Gasteiger partial charge in [0, 0.05) is 17.0 Å². The van der Waals surface area contributed by atoms with Crippen LogP contribution in [0.3, 0.4) is 0 Å². The van der Waals surface area contributed by atoms with Crippen molar-refractivity contribution >= 4 is 39.3 Å². The molecule has 0 fully saturated rings. The molecule has 2 aromatic rings. The van der Waals surface area contributed by atoms with Gasteiger partial charge in [0.05, 0.1) is 24.8 Å². The van der Waals surface area contributed by atoms with E-state index in [0.717, 1.165) is 18.2 Å². The summed E-state index contributed by atoms with van der Waals surface area (Å²) in [5.74, 6) is -3.13. The number of Topliss-reactive ketones (excluding diaryl/α,β-unsaturated/α-hetero) is 1. The minimum absolute atomic E-state index is 0.147. The van der Waals surface area contributed by atoms with Gasteiger partial charge >= 0.3 is 5.97 Å². The first-order valence-electron chi connectivity index (χ1n) is 8.07. The molecule has 0 spiro atoms. The number of methoxy groups -OCH3 is 1. The summed E-state index contributed by atoms with van der Waals surface area (Å²) >= 11 is 3.26. The molecule has 0 aliphatic rings. The van der Waals surface area contributed by atoms with Crippen LogP contribution < -0.4 is 10.1 Å². The summed E-state index contributed by atoms with van der Waals surface area (Å²) in [6, 6.07) is 7.48. The molecule has 1 N–H and O–H groups in total. The fourth-order valence-corrected chi connectivity index (χ4v) is 2.61. The van der Waals surface area contributed by atoms with Crippen LogP contribution in [0.5, 0.6) is 5.75 Å². The number of ketones is 1. The summed E-state index contributed by atoms with van der Waals surface area (Å²) in [7, 11) is 1.42. The highest BCUT2D eigenvalue weighted by atomic mass is 79.9. The van der Waals surface area contributed by atoms with Gasteiger partial charge in [0.2, 0.25) is 0 Å². The van der Waals surface area contributed by atoms with E-state index < -0.39 is 30.1 Å². The third kappa shape index (κ3) is 6.12. The maximum atomic E-state index is 13.4. The molecular weight excluding hydrogens is 440 g/mol. The zero-order valence-corrected chi connectivity index (χ0v) is 16.3. The van der Waals surface area contributed by atoms with Crippen molar-refractivity contribution in [1.82, 2.24) is 0 Å². The molecule has 0 atom stereocenters. The van der Waals surface area contributed by atoms with Gasteiger partial charge in [-0.3, -0.25) is 14.4 Å². The summed E-state index contributed by atoms with van der Waals surface area (Å²) in [6.45, 7) is -0.691. The lowest BCUT2D eigenvalue weighted by atomic mass is 10.1. The normalized spacial score (nSPS) is 10.3. The molecule has 28 heavy (non-hydrogen) atoms. The molecule has 0 saturated heterocycles. The first-order chi connectivity index (χ1) is 13.3. The van der Waals surface area contributed by atoms with Crippen molar-refractivity contribution in [3.63, 3.8) is 0 Å². The predicted molar refractivity (Wildman–Crippen MR) is 100 cm³/mol. The lowest BCUT2D eigenvalue weighted by Gasteiger charge is -2.09. The van der Waals surface area contributed by atoms with Crippen molar-refractivity contribution in [3.8, 4) is 5.75 Å². The zero-order chi connectivity index (χ0) is 20.7. The number of ether oxygens (including phenoxy) is 2. The fourth-order valence-electron chi connectivity index (χ4n) is 2.25. The van der Waals surface area contributed by atoms with Crippen LogP contribution in [0.1, 0.15) is 23.2 Å². The SMILES string of the molecule is COc1ccc(Br)cc1C(=O)CCC(=O)OCC(=O)Nc1cc(F)ccc1F. The molecule has 0 aliphatic carbocycles. The van der Waals surface area contributed by atoms with Crippen molar-refractivity contribution in [2.24, 2.45) is 0 Å². The van der Waals surface area contributed by atoms with Crippen molar-refractivity contribution in [2.45, 2.75) is 12.8 Å². The van der Waals surface area contributed by atoms with Gasteiger partial charge in [-0.25, -0.2) is 8.78 Å². The van der Waals surface area contributed by atoms with E-state index in [4.69, 9.17) is 9.47 Å². The number of amides is 1. The van der Waals surface area contributed by atoms with Gasteiger partial charge < -0.3 is 14.8 Å². The second kappa shape index (κ2) is 9.93. The number of rotatable bonds is 8. The molecule has 148 valence electrons. The Morgan fingerprint density at radius 2 is 1.82 bits per heavy atom. The summed E-state index contributed by atoms with van der Waals surface area (Å²) < 4.78 is 37.1. The second-order valence-electron chi connectivity index (χ2n) is 5.60. The third-order valence-electron chi connectivity index (χ3n) is 3.58. The van der Waals surface area contributed by atoms with Crippen molar-refractivity contribution < 1.29 is 32.6 Å². The van der Waals surface area contributed by atoms with Crippen LogP contribution >= 0.6 is 15.9 Å². The van der Waals surface area contributed by atoms with E-state index in [0.29, 0.717) is 15.8 Å². The van der Waals surface area contributed by atoms with Crippen LogP contribution in [-0.2, 0) is 14.3 Å². The number of hydrogen-bond donors (Lipinski definition) is 1. The molecular formula is C19H16BrF2NO5. The highest BCUT2D eigenvalue weighted by molar-refractivity contribution is 9.10. The Labute approximate surface area is 168 Å². The Bertz CT molecular complexity index is 904. The zero-order valence-electron chi connectivity index (χ0n) is 14.8. The topological polar surface area (TPSA) is 81.7 Å². The molecule has 9 heteroatoms. The van der Waals surface area contributed by atoms with Gasteiger partial charge in [-0.15, -0.1) is 0 Å². The average molecular weight is 456 g/mol. The third-order valence-corrected chi connectivity index (χ3v) is 4.08. The highest BCUT2D eigenvalue weighted by Crippen LogP contribution is 2.24. The van der Waals surface area contributed by atoms with E-state index >= 15 is 0 Å². The Morgan fingerprint density at radius 3 is 2.54 bits per heavy atom. The highest BCUT2D eigenvalue weighted by Gasteiger charge is 2.16. The van der Waals surface area contributed by atoms with Crippen LogP contribution in [0.15, 0.2) is 40.9 Å². The Morgan fingerprint density at radius 1 is 1.07 bits per heavy atom. The standard InChI is InChI=1S/C19H16BrF2NO5/c1-27-17-6-2-11(20)8-13(17)16(24)5-7-19(26)28-10-18(25)23-15-9-12(21)3-4-14(15)22/h2-4,6,8-9H,5,7,10H2,1H3,(H,23,25). The van der Waals surface area contributed by atoms with E-state index in [1.807, 2.05) is 0 Å². The first kappa shape index (κ1) is 21.5. The Hall–Kier alpha value is -2.81. The molecule has 0 heterocycles. The van der Waals surface area contributed by atoms with E-state index in [1.165, 1.54) is 7.11 Å². The number of hydrogen-bond acceptors (Lipinski definition) is 5. The smallest absolute Gasteiger partial charge is 0.306 e. The number of nitrogens with one attached hydrogen (secondary N) is 1. The van der Waals surface area contributed by atoms with Crippen LogP contribution in [0.25, 0.3) is 0 Å². The van der Waals surface area contributed by atoms with Crippen molar-refractivity contribution in [3.05, 3.63) is 58.1 Å². The lowest BCUT2D eigenvalue weighted by molar-refractivity contribution is -0.147. The molecule has 2 aromatic carbocycles. The number of carbonyl (C=O) groups is 3. The fraction of sp³-hybridized carbons (Fsp3) is 0.211. The first-order valence-corrected chi connectivity index (χ1v) is 8.86. The van der Waals surface area contributed by atoms with Crippen LogP contribution in [0.2, 0.25) is 0 Å². The van der Waals surface area contributed by atoms with Crippen LogP contribution in [0, 0.1) is 11.6 Å². The van der Waals surface area contributed by atoms with Gasteiger partial charge in [-0.05, 0) is 30.3 Å². The molecule has 0 aliphatic heterocycles. The molecule has 0 saturated carbocycles. The molecule has 6 nitrogen and oxygen atoms in total. The van der Waals surface area contributed by atoms with Crippen LogP contribution in [-0.4, -0.2) is 31.4 Å². The molecule has 2 rings (SSSR count). The Kier molecular flexibility index (Phi) is 7.62. The van der Waals surface area contributed by atoms with Gasteiger partial charge in [0.15, 0.2) is 12.4 Å². The molecule has 0 unspecified atom stereocenters. The van der Waals surface area contributed by atoms with Crippen molar-refractivity contribution in [2.75, 3.05) is 19.0 Å². The maximum Gasteiger partial charge on any atom is 0.306 e. The molecule has 1 amide bonds. The number of carbonyl (C=O) groups excluding carboxylic acids is 3. The largest absolute Gasteiger partial charge is 0.496 e. The minimum Gasteiger partial charge on any atom is -0.496 e. The average Bonchev–Trinajstić information content (AvgIpc) is 2.67. The summed E-state index contributed by atoms with van der Waals surface area (Å²) in [5.41, 5.74) is -0.0537. The summed E-state index contributed by atoms with van der Waals surface area (Å²) in [6.07, 6.45) is -0.401. The van der Waals surface area contributed by atoms with Crippen LogP contribution in [0.4, 0.5) is 14.5 Å². The lowest BCUT2D eigenvalue weighted by Crippen LogP contribution is -2.21. The maximum absolute atomic E-state index is 13.4. The molecule has 0 radical (unpaired) electrons. The number of esters is 1. The van der Waals surface area contributed by atoms with Crippen molar-refractivity contribution in [1.29, 1.82) is 0 Å². The van der Waals surface area contributed by atoms with E-state index in [9.17, 15) is 23.2 Å². The van der Waals surface area contributed by atoms with E-state index in [2.05, 4.69) is 21.2 Å². The second-order valence-corrected chi connectivity index (χ2v) is 6.52. The Balaban J connectivity index is 1.82. The van der Waals surface area contributed by atoms with Gasteiger partial charge in [-0.1, -0.05) is 15.9 Å². The van der Waals surface area contributed by atoms with Gasteiger partial charge in [0.25, 0.3) is 5.91 Å². The quantitative estimate of drug-likeness (QED) is 0.482.